The lowest BCUT2D eigenvalue weighted by Crippen LogP contribution is -2.00. The molecule has 0 aliphatic heterocycles. The molecule has 21 heavy (non-hydrogen) atoms. The van der Waals surface area contributed by atoms with Gasteiger partial charge in [-0.2, -0.15) is 0 Å². The largest absolute Gasteiger partial charge is 0.455 e. The van der Waals surface area contributed by atoms with Crippen LogP contribution >= 0.6 is 0 Å². The maximum Gasteiger partial charge on any atom is 0.196 e. The number of carbonyl (C=O) groups is 1. The number of benzene rings is 3. The van der Waals surface area contributed by atoms with Crippen molar-refractivity contribution in [3.8, 4) is 0 Å². The molecule has 0 saturated heterocycles. The third kappa shape index (κ3) is 1.84. The van der Waals surface area contributed by atoms with Gasteiger partial charge < -0.3 is 4.42 Å². The van der Waals surface area contributed by atoms with E-state index in [0.29, 0.717) is 16.7 Å². The number of rotatable bonds is 2. The Labute approximate surface area is 121 Å². The van der Waals surface area contributed by atoms with Crippen LogP contribution in [0.5, 0.6) is 0 Å². The average Bonchev–Trinajstić information content (AvgIpc) is 2.94. The average molecular weight is 272 g/mol. The molecule has 2 heteroatoms. The summed E-state index contributed by atoms with van der Waals surface area (Å²) in [5.41, 5.74) is 2.74. The highest BCUT2D eigenvalue weighted by Crippen LogP contribution is 2.31. The van der Waals surface area contributed by atoms with Gasteiger partial charge in [-0.3, -0.25) is 4.79 Å². The van der Waals surface area contributed by atoms with Gasteiger partial charge in [0, 0.05) is 16.3 Å². The molecular weight excluding hydrogens is 260 g/mol. The number of carbonyl (C=O) groups excluding carboxylic acids is 1. The summed E-state index contributed by atoms with van der Waals surface area (Å²) in [6.45, 7) is 0. The van der Waals surface area contributed by atoms with Crippen LogP contribution in [0.25, 0.3) is 21.9 Å². The fourth-order valence-electron chi connectivity index (χ4n) is 2.67. The molecule has 100 valence electrons. The van der Waals surface area contributed by atoms with Crippen LogP contribution in [0.1, 0.15) is 15.9 Å². The van der Waals surface area contributed by atoms with Gasteiger partial charge in [-0.1, -0.05) is 60.7 Å². The van der Waals surface area contributed by atoms with Gasteiger partial charge >= 0.3 is 0 Å². The number of fused-ring (bicyclic) bond motifs is 3. The van der Waals surface area contributed by atoms with Crippen LogP contribution in [0.15, 0.2) is 77.2 Å². The molecule has 0 bridgehead atoms. The molecule has 0 atom stereocenters. The second-order valence-corrected chi connectivity index (χ2v) is 4.98. The number of hydrogen-bond acceptors (Lipinski definition) is 2. The Morgan fingerprint density at radius 3 is 2.29 bits per heavy atom. The van der Waals surface area contributed by atoms with Crippen LogP contribution in [0, 0.1) is 0 Å². The summed E-state index contributed by atoms with van der Waals surface area (Å²) in [7, 11) is 0. The zero-order valence-corrected chi connectivity index (χ0v) is 11.2. The third-order valence-electron chi connectivity index (χ3n) is 3.68. The Balaban J connectivity index is 1.99. The van der Waals surface area contributed by atoms with Gasteiger partial charge in [0.15, 0.2) is 5.78 Å². The Kier molecular flexibility index (Phi) is 2.61. The van der Waals surface area contributed by atoms with Gasteiger partial charge in [-0.25, -0.2) is 0 Å². The van der Waals surface area contributed by atoms with Crippen molar-refractivity contribution in [3.63, 3.8) is 0 Å². The van der Waals surface area contributed by atoms with E-state index in [-0.39, 0.29) is 5.78 Å². The van der Waals surface area contributed by atoms with E-state index in [4.69, 9.17) is 4.42 Å². The number of ketones is 1. The summed E-state index contributed by atoms with van der Waals surface area (Å²) in [5.74, 6) is -0.0137. The topological polar surface area (TPSA) is 30.2 Å². The second kappa shape index (κ2) is 4.60. The van der Waals surface area contributed by atoms with Gasteiger partial charge in [0.25, 0.3) is 0 Å². The third-order valence-corrected chi connectivity index (χ3v) is 3.68. The lowest BCUT2D eigenvalue weighted by Gasteiger charge is -2.01. The van der Waals surface area contributed by atoms with E-state index in [9.17, 15) is 4.79 Å². The first-order chi connectivity index (χ1) is 10.3. The molecule has 2 nitrogen and oxygen atoms in total. The van der Waals surface area contributed by atoms with E-state index in [1.54, 1.807) is 0 Å². The van der Waals surface area contributed by atoms with E-state index in [1.807, 2.05) is 72.8 Å². The molecule has 0 spiro atoms. The van der Waals surface area contributed by atoms with Crippen LogP contribution in [-0.2, 0) is 0 Å². The Morgan fingerprint density at radius 1 is 0.714 bits per heavy atom. The molecular formula is C19H12O2. The quantitative estimate of drug-likeness (QED) is 0.490. The summed E-state index contributed by atoms with van der Waals surface area (Å²) in [6, 6.07) is 22.8. The summed E-state index contributed by atoms with van der Waals surface area (Å²) < 4.78 is 5.91. The van der Waals surface area contributed by atoms with E-state index in [1.165, 1.54) is 0 Å². The highest BCUT2D eigenvalue weighted by molar-refractivity contribution is 6.18. The molecule has 0 unspecified atom stereocenters. The highest BCUT2D eigenvalue weighted by atomic mass is 16.3. The van der Waals surface area contributed by atoms with Crippen molar-refractivity contribution in [2.24, 2.45) is 0 Å². The van der Waals surface area contributed by atoms with Gasteiger partial charge in [0.2, 0.25) is 0 Å². The van der Waals surface area contributed by atoms with Gasteiger partial charge in [0.05, 0.1) is 5.56 Å². The summed E-state index contributed by atoms with van der Waals surface area (Å²) in [6.07, 6.45) is 0. The van der Waals surface area contributed by atoms with Crippen LogP contribution in [0.2, 0.25) is 0 Å². The Morgan fingerprint density at radius 2 is 1.43 bits per heavy atom. The van der Waals surface area contributed by atoms with E-state index < -0.39 is 0 Å². The molecule has 4 aromatic rings. The van der Waals surface area contributed by atoms with Crippen LogP contribution in [0.3, 0.4) is 0 Å². The fraction of sp³-hybridized carbons (Fsp3) is 0. The van der Waals surface area contributed by atoms with Crippen molar-refractivity contribution in [1.29, 1.82) is 0 Å². The molecule has 3 aromatic carbocycles. The lowest BCUT2D eigenvalue weighted by atomic mass is 10.0. The van der Waals surface area contributed by atoms with E-state index >= 15 is 0 Å². The fourth-order valence-corrected chi connectivity index (χ4v) is 2.67. The molecule has 0 N–H and O–H groups in total. The lowest BCUT2D eigenvalue weighted by molar-refractivity contribution is 0.103. The normalized spacial score (nSPS) is 11.0. The van der Waals surface area contributed by atoms with Gasteiger partial charge in [-0.15, -0.1) is 0 Å². The zero-order valence-electron chi connectivity index (χ0n) is 11.2. The van der Waals surface area contributed by atoms with Crippen LogP contribution in [0.4, 0.5) is 0 Å². The van der Waals surface area contributed by atoms with Crippen molar-refractivity contribution in [2.45, 2.75) is 0 Å². The van der Waals surface area contributed by atoms with E-state index in [2.05, 4.69) is 0 Å². The first-order valence-corrected chi connectivity index (χ1v) is 6.84. The predicted molar refractivity (Wildman–Crippen MR) is 83.6 cm³/mol. The maximum atomic E-state index is 12.7. The van der Waals surface area contributed by atoms with Crippen molar-refractivity contribution in [3.05, 3.63) is 83.9 Å². The molecule has 4 rings (SSSR count). The Bertz CT molecular complexity index is 949. The molecule has 0 aliphatic carbocycles. The summed E-state index contributed by atoms with van der Waals surface area (Å²) >= 11 is 0. The first-order valence-electron chi connectivity index (χ1n) is 6.84. The smallest absolute Gasteiger partial charge is 0.196 e. The predicted octanol–water partition coefficient (Wildman–Crippen LogP) is 4.82. The van der Waals surface area contributed by atoms with Crippen LogP contribution < -0.4 is 0 Å². The molecule has 0 fully saturated rings. The standard InChI is InChI=1S/C19H12O2/c20-18(13-7-2-1-3-8-13)16-11-6-10-15-14-9-4-5-12-17(14)21-19(15)16/h1-12H. The summed E-state index contributed by atoms with van der Waals surface area (Å²) in [4.78, 5) is 12.7. The maximum absolute atomic E-state index is 12.7. The molecule has 0 radical (unpaired) electrons. The van der Waals surface area contributed by atoms with Crippen molar-refractivity contribution in [2.75, 3.05) is 0 Å². The van der Waals surface area contributed by atoms with Crippen molar-refractivity contribution in [1.82, 2.24) is 0 Å². The zero-order chi connectivity index (χ0) is 14.2. The molecule has 0 amide bonds. The van der Waals surface area contributed by atoms with Gasteiger partial charge in [-0.05, 0) is 12.1 Å². The molecule has 1 heterocycles. The Hall–Kier alpha value is -2.87. The minimum Gasteiger partial charge on any atom is -0.455 e. The minimum absolute atomic E-state index is 0.0137. The molecule has 0 saturated carbocycles. The highest BCUT2D eigenvalue weighted by Gasteiger charge is 2.16. The molecule has 0 aliphatic rings. The summed E-state index contributed by atoms with van der Waals surface area (Å²) in [5, 5.41) is 2.02. The minimum atomic E-state index is -0.0137. The van der Waals surface area contributed by atoms with Crippen molar-refractivity contribution < 1.29 is 9.21 Å². The number of furan rings is 1. The second-order valence-electron chi connectivity index (χ2n) is 4.98. The number of para-hydroxylation sites is 2. The van der Waals surface area contributed by atoms with E-state index in [0.717, 1.165) is 16.4 Å². The number of hydrogen-bond donors (Lipinski definition) is 0. The SMILES string of the molecule is O=C(c1ccccc1)c1cccc2c1oc1ccccc12. The first kappa shape index (κ1) is 11.9. The van der Waals surface area contributed by atoms with Crippen LogP contribution in [-0.4, -0.2) is 5.78 Å². The van der Waals surface area contributed by atoms with Crippen molar-refractivity contribution >= 4 is 27.7 Å². The monoisotopic (exact) mass is 272 g/mol. The van der Waals surface area contributed by atoms with Gasteiger partial charge in [0.1, 0.15) is 11.2 Å². The molecule has 1 aromatic heterocycles.